The van der Waals surface area contributed by atoms with E-state index < -0.39 is 0 Å². The molecule has 0 spiro atoms. The van der Waals surface area contributed by atoms with Crippen molar-refractivity contribution in [2.75, 3.05) is 12.4 Å². The number of benzene rings is 1. The normalized spacial score (nSPS) is 11.2. The number of thiophene rings is 1. The average Bonchev–Trinajstić information content (AvgIpc) is 2.95. The van der Waals surface area contributed by atoms with Crippen molar-refractivity contribution in [2.45, 2.75) is 33.7 Å². The van der Waals surface area contributed by atoms with Crippen LogP contribution in [0.3, 0.4) is 0 Å². The molecule has 3 aromatic rings. The van der Waals surface area contributed by atoms with Gasteiger partial charge in [0, 0.05) is 22.0 Å². The Labute approximate surface area is 165 Å². The van der Waals surface area contributed by atoms with Gasteiger partial charge in [-0.3, -0.25) is 14.2 Å². The highest BCUT2D eigenvalue weighted by atomic mass is 35.5. The first kappa shape index (κ1) is 19.4. The number of ether oxygens (including phenoxy) is 1. The summed E-state index contributed by atoms with van der Waals surface area (Å²) >= 11 is 7.41. The standard InChI is InChI=1S/C19H20ClN3O3S/c1-9(2)23-8-21-16-15(11(4)27-17(16)19(23)25)18(24)22-13-6-10(3)12(20)7-14(13)26-5/h6-9H,1-5H3,(H,22,24). The van der Waals surface area contributed by atoms with Crippen LogP contribution in [0.25, 0.3) is 10.2 Å². The SMILES string of the molecule is COc1cc(Cl)c(C)cc1NC(=O)c1c(C)sc2c(=O)n(C(C)C)cnc12. The molecular weight excluding hydrogens is 386 g/mol. The van der Waals surface area contributed by atoms with Gasteiger partial charge in [0.2, 0.25) is 0 Å². The molecule has 6 nitrogen and oxygen atoms in total. The number of methoxy groups -OCH3 is 1. The number of anilines is 1. The second-order valence-electron chi connectivity index (χ2n) is 6.52. The number of rotatable bonds is 4. The molecule has 0 aliphatic carbocycles. The zero-order chi connectivity index (χ0) is 19.9. The number of hydrogen-bond donors (Lipinski definition) is 1. The summed E-state index contributed by atoms with van der Waals surface area (Å²) in [7, 11) is 1.51. The van der Waals surface area contributed by atoms with E-state index >= 15 is 0 Å². The van der Waals surface area contributed by atoms with Crippen molar-refractivity contribution in [3.05, 3.63) is 49.8 Å². The molecular formula is C19H20ClN3O3S. The minimum atomic E-state index is -0.340. The lowest BCUT2D eigenvalue weighted by Crippen LogP contribution is -2.22. The molecule has 8 heteroatoms. The van der Waals surface area contributed by atoms with Crippen LogP contribution in [0.2, 0.25) is 5.02 Å². The second kappa shape index (κ2) is 7.32. The first-order valence-electron chi connectivity index (χ1n) is 8.40. The van der Waals surface area contributed by atoms with E-state index in [1.54, 1.807) is 16.7 Å². The summed E-state index contributed by atoms with van der Waals surface area (Å²) in [6.07, 6.45) is 1.49. The minimum Gasteiger partial charge on any atom is -0.495 e. The molecule has 142 valence electrons. The molecule has 0 fully saturated rings. The molecule has 2 heterocycles. The maximum Gasteiger partial charge on any atom is 0.271 e. The Balaban J connectivity index is 2.07. The fourth-order valence-corrected chi connectivity index (χ4v) is 4.04. The highest BCUT2D eigenvalue weighted by molar-refractivity contribution is 7.19. The van der Waals surface area contributed by atoms with Crippen LogP contribution in [0.15, 0.2) is 23.3 Å². The molecule has 0 aliphatic heterocycles. The molecule has 0 saturated heterocycles. The third-order valence-corrected chi connectivity index (χ3v) is 5.80. The summed E-state index contributed by atoms with van der Waals surface area (Å²) in [5.41, 5.74) is 2.01. The molecule has 0 saturated carbocycles. The molecule has 0 radical (unpaired) electrons. The molecule has 0 aliphatic rings. The van der Waals surface area contributed by atoms with Crippen LogP contribution in [0, 0.1) is 13.8 Å². The van der Waals surface area contributed by atoms with Crippen LogP contribution in [-0.2, 0) is 0 Å². The van der Waals surface area contributed by atoms with E-state index in [0.717, 1.165) is 10.4 Å². The van der Waals surface area contributed by atoms with E-state index in [0.29, 0.717) is 32.2 Å². The van der Waals surface area contributed by atoms with Crippen molar-refractivity contribution in [3.8, 4) is 5.75 Å². The monoisotopic (exact) mass is 405 g/mol. The highest BCUT2D eigenvalue weighted by Crippen LogP contribution is 2.33. The van der Waals surface area contributed by atoms with Gasteiger partial charge < -0.3 is 10.1 Å². The van der Waals surface area contributed by atoms with Crippen molar-refractivity contribution in [3.63, 3.8) is 0 Å². The Morgan fingerprint density at radius 3 is 2.67 bits per heavy atom. The fraction of sp³-hybridized carbons (Fsp3) is 0.316. The molecule has 2 aromatic heterocycles. The number of nitrogens with one attached hydrogen (secondary N) is 1. The van der Waals surface area contributed by atoms with Gasteiger partial charge in [0.1, 0.15) is 16.0 Å². The molecule has 0 unspecified atom stereocenters. The molecule has 1 N–H and O–H groups in total. The van der Waals surface area contributed by atoms with Crippen LogP contribution < -0.4 is 15.6 Å². The number of halogens is 1. The minimum absolute atomic E-state index is 0.00427. The molecule has 3 rings (SSSR count). The number of carbonyl (C=O) groups is 1. The van der Waals surface area contributed by atoms with Gasteiger partial charge in [0.25, 0.3) is 11.5 Å². The van der Waals surface area contributed by atoms with E-state index in [-0.39, 0.29) is 17.5 Å². The van der Waals surface area contributed by atoms with Gasteiger partial charge in [0.15, 0.2) is 0 Å². The predicted octanol–water partition coefficient (Wildman–Crippen LogP) is 4.57. The maximum atomic E-state index is 13.0. The summed E-state index contributed by atoms with van der Waals surface area (Å²) in [6, 6.07) is 3.41. The van der Waals surface area contributed by atoms with Crippen LogP contribution in [0.5, 0.6) is 5.75 Å². The van der Waals surface area contributed by atoms with Gasteiger partial charge in [-0.2, -0.15) is 0 Å². The Bertz CT molecular complexity index is 1100. The van der Waals surface area contributed by atoms with E-state index in [2.05, 4.69) is 10.3 Å². The zero-order valence-electron chi connectivity index (χ0n) is 15.7. The molecule has 0 bridgehead atoms. The van der Waals surface area contributed by atoms with E-state index in [1.807, 2.05) is 27.7 Å². The van der Waals surface area contributed by atoms with Gasteiger partial charge in [-0.25, -0.2) is 4.98 Å². The van der Waals surface area contributed by atoms with E-state index in [1.165, 1.54) is 24.8 Å². The van der Waals surface area contributed by atoms with Gasteiger partial charge in [-0.05, 0) is 39.3 Å². The van der Waals surface area contributed by atoms with Crippen molar-refractivity contribution in [1.82, 2.24) is 9.55 Å². The lowest BCUT2D eigenvalue weighted by atomic mass is 10.1. The third-order valence-electron chi connectivity index (χ3n) is 4.31. The smallest absolute Gasteiger partial charge is 0.271 e. The molecule has 27 heavy (non-hydrogen) atoms. The van der Waals surface area contributed by atoms with Crippen molar-refractivity contribution in [1.29, 1.82) is 0 Å². The number of aromatic nitrogens is 2. The Kier molecular flexibility index (Phi) is 5.26. The summed E-state index contributed by atoms with van der Waals surface area (Å²) < 4.78 is 7.35. The van der Waals surface area contributed by atoms with Crippen LogP contribution in [0.4, 0.5) is 5.69 Å². The zero-order valence-corrected chi connectivity index (χ0v) is 17.3. The molecule has 0 atom stereocenters. The topological polar surface area (TPSA) is 73.2 Å². The Morgan fingerprint density at radius 2 is 2.04 bits per heavy atom. The van der Waals surface area contributed by atoms with Crippen molar-refractivity contribution < 1.29 is 9.53 Å². The fourth-order valence-electron chi connectivity index (χ4n) is 2.84. The van der Waals surface area contributed by atoms with Crippen LogP contribution in [-0.4, -0.2) is 22.6 Å². The van der Waals surface area contributed by atoms with Crippen LogP contribution in [0.1, 0.15) is 40.7 Å². The largest absolute Gasteiger partial charge is 0.495 e. The summed E-state index contributed by atoms with van der Waals surface area (Å²) in [5.74, 6) is 0.124. The summed E-state index contributed by atoms with van der Waals surface area (Å²) in [6.45, 7) is 7.49. The van der Waals surface area contributed by atoms with Gasteiger partial charge in [-0.1, -0.05) is 11.6 Å². The van der Waals surface area contributed by atoms with Crippen LogP contribution >= 0.6 is 22.9 Å². The number of aryl methyl sites for hydroxylation is 2. The third kappa shape index (κ3) is 3.44. The lowest BCUT2D eigenvalue weighted by molar-refractivity contribution is 0.102. The Morgan fingerprint density at radius 1 is 1.33 bits per heavy atom. The van der Waals surface area contributed by atoms with Gasteiger partial charge >= 0.3 is 0 Å². The van der Waals surface area contributed by atoms with Gasteiger partial charge in [0.05, 0.1) is 24.7 Å². The number of fused-ring (bicyclic) bond motifs is 1. The van der Waals surface area contributed by atoms with E-state index in [4.69, 9.17) is 16.3 Å². The average molecular weight is 406 g/mol. The number of amides is 1. The number of carbonyl (C=O) groups excluding carboxylic acids is 1. The molecule has 1 aromatic carbocycles. The van der Waals surface area contributed by atoms with E-state index in [9.17, 15) is 9.59 Å². The summed E-state index contributed by atoms with van der Waals surface area (Å²) in [4.78, 5) is 30.7. The highest BCUT2D eigenvalue weighted by Gasteiger charge is 2.22. The number of hydrogen-bond acceptors (Lipinski definition) is 5. The first-order chi connectivity index (χ1) is 12.7. The van der Waals surface area contributed by atoms with Gasteiger partial charge in [-0.15, -0.1) is 11.3 Å². The lowest BCUT2D eigenvalue weighted by Gasteiger charge is -2.12. The van der Waals surface area contributed by atoms with Crippen molar-refractivity contribution in [2.24, 2.45) is 0 Å². The Hall–Kier alpha value is -2.38. The quantitative estimate of drug-likeness (QED) is 0.690. The first-order valence-corrected chi connectivity index (χ1v) is 9.59. The number of nitrogens with zero attached hydrogens (tertiary/aromatic N) is 2. The van der Waals surface area contributed by atoms with Crippen molar-refractivity contribution >= 4 is 44.7 Å². The predicted molar refractivity (Wildman–Crippen MR) is 110 cm³/mol. The summed E-state index contributed by atoms with van der Waals surface area (Å²) in [5, 5.41) is 3.41. The maximum absolute atomic E-state index is 13.0. The molecule has 1 amide bonds. The second-order valence-corrected chi connectivity index (χ2v) is 8.15.